The number of piperazine rings is 1. The van der Waals surface area contributed by atoms with Gasteiger partial charge in [-0.05, 0) is 32.0 Å². The summed E-state index contributed by atoms with van der Waals surface area (Å²) in [4.78, 5) is 28.9. The van der Waals surface area contributed by atoms with Crippen LogP contribution in [0.4, 0.5) is 10.6 Å². The molecule has 0 saturated carbocycles. The lowest BCUT2D eigenvalue weighted by Gasteiger charge is -2.41. The third kappa shape index (κ3) is 11.2. The van der Waals surface area contributed by atoms with Crippen LogP contribution in [-0.2, 0) is 43.3 Å². The first kappa shape index (κ1) is 37.6. The number of carbonyl (C=O) groups excluding carboxylic acids is 1. The minimum absolute atomic E-state index is 0.0128. The summed E-state index contributed by atoms with van der Waals surface area (Å²) in [6, 6.07) is 12.0. The molecular weight excluding hydrogens is 646 g/mol. The molecule has 3 aliphatic heterocycles. The number of ether oxygens (including phenoxy) is 6. The summed E-state index contributed by atoms with van der Waals surface area (Å²) in [7, 11) is 2.07. The summed E-state index contributed by atoms with van der Waals surface area (Å²) in [6.45, 7) is 7.52. The number of amides is 1. The molecule has 2 saturated heterocycles. The van der Waals surface area contributed by atoms with Gasteiger partial charge in [-0.2, -0.15) is 15.2 Å². The van der Waals surface area contributed by atoms with Gasteiger partial charge in [0, 0.05) is 44.3 Å². The lowest BCUT2D eigenvalue weighted by Crippen LogP contribution is -2.55. The number of aromatic nitrogens is 2. The van der Waals surface area contributed by atoms with E-state index in [4.69, 9.17) is 43.5 Å². The van der Waals surface area contributed by atoms with Crippen LogP contribution in [0, 0.1) is 11.3 Å². The molecule has 15 nitrogen and oxygen atoms in total. The maximum atomic E-state index is 13.1. The van der Waals surface area contributed by atoms with Gasteiger partial charge in [0.2, 0.25) is 0 Å². The Labute approximate surface area is 294 Å². The van der Waals surface area contributed by atoms with Gasteiger partial charge in [0.05, 0.1) is 83.2 Å². The zero-order chi connectivity index (χ0) is 35.0. The van der Waals surface area contributed by atoms with Crippen molar-refractivity contribution >= 4 is 11.9 Å². The lowest BCUT2D eigenvalue weighted by atomic mass is 10.0. The predicted octanol–water partition coefficient (Wildman–Crippen LogP) is 1.37. The van der Waals surface area contributed by atoms with Crippen LogP contribution in [-0.4, -0.2) is 148 Å². The van der Waals surface area contributed by atoms with Crippen molar-refractivity contribution < 1.29 is 38.3 Å². The fourth-order valence-corrected chi connectivity index (χ4v) is 6.41. The highest BCUT2D eigenvalue weighted by Crippen LogP contribution is 2.29. The van der Waals surface area contributed by atoms with Gasteiger partial charge in [0.25, 0.3) is 0 Å². The lowest BCUT2D eigenvalue weighted by molar-refractivity contribution is -0.0180. The van der Waals surface area contributed by atoms with Gasteiger partial charge in [-0.15, -0.1) is 0 Å². The largest absolute Gasteiger partial charge is 0.462 e. The Balaban J connectivity index is 1.10. The number of aliphatic hydroxyl groups excluding tert-OH is 1. The molecule has 2 aromatic rings. The molecule has 3 unspecified atom stereocenters. The molecule has 3 aliphatic rings. The van der Waals surface area contributed by atoms with Crippen molar-refractivity contribution in [2.45, 2.75) is 50.6 Å². The second-order valence-corrected chi connectivity index (χ2v) is 12.6. The van der Waals surface area contributed by atoms with Gasteiger partial charge in [-0.1, -0.05) is 30.3 Å². The number of anilines is 1. The van der Waals surface area contributed by atoms with E-state index in [0.717, 1.165) is 48.6 Å². The summed E-state index contributed by atoms with van der Waals surface area (Å²) in [5.74, 6) is 0.813. The van der Waals surface area contributed by atoms with E-state index in [1.165, 1.54) is 0 Å². The van der Waals surface area contributed by atoms with E-state index >= 15 is 0 Å². The monoisotopic (exact) mass is 697 g/mol. The van der Waals surface area contributed by atoms with E-state index in [9.17, 15) is 10.1 Å². The van der Waals surface area contributed by atoms with E-state index in [2.05, 4.69) is 28.2 Å². The SMILES string of the molecule is CN1CC(OCCOCCOCCOCCO)CC1COc1nc2c(c(N3CCN(C(=O)OCc4ccccc4)C(CC#N)C3)n1)CCNC2. The van der Waals surface area contributed by atoms with Crippen LogP contribution in [0.5, 0.6) is 6.01 Å². The Morgan fingerprint density at radius 2 is 1.76 bits per heavy atom. The van der Waals surface area contributed by atoms with E-state index in [1.54, 1.807) is 4.90 Å². The van der Waals surface area contributed by atoms with Crippen LogP contribution >= 0.6 is 0 Å². The number of likely N-dealkylation sites (tertiary alicyclic amines) is 1. The number of likely N-dealkylation sites (N-methyl/N-ethyl adjacent to an activating group) is 1. The first-order valence-electron chi connectivity index (χ1n) is 17.5. The highest BCUT2D eigenvalue weighted by Gasteiger charge is 2.35. The zero-order valence-corrected chi connectivity index (χ0v) is 29.0. The second-order valence-electron chi connectivity index (χ2n) is 12.6. The van der Waals surface area contributed by atoms with E-state index in [-0.39, 0.29) is 37.8 Å². The topological polar surface area (TPSA) is 164 Å². The maximum absolute atomic E-state index is 13.1. The van der Waals surface area contributed by atoms with Crippen LogP contribution in [0.1, 0.15) is 29.7 Å². The zero-order valence-electron chi connectivity index (χ0n) is 29.0. The molecule has 0 aliphatic carbocycles. The molecular formula is C35H51N7O8. The number of hydrogen-bond acceptors (Lipinski definition) is 14. The van der Waals surface area contributed by atoms with E-state index in [0.29, 0.717) is 85.0 Å². The second kappa shape index (κ2) is 20.3. The number of hydrogen-bond donors (Lipinski definition) is 2. The molecule has 0 spiro atoms. The molecule has 1 amide bonds. The van der Waals surface area contributed by atoms with E-state index < -0.39 is 6.09 Å². The van der Waals surface area contributed by atoms with Gasteiger partial charge < -0.3 is 48.6 Å². The number of fused-ring (bicyclic) bond motifs is 1. The van der Waals surface area contributed by atoms with E-state index in [1.807, 2.05) is 30.3 Å². The average Bonchev–Trinajstić information content (AvgIpc) is 3.50. The predicted molar refractivity (Wildman–Crippen MR) is 183 cm³/mol. The fraction of sp³-hybridized carbons (Fsp3) is 0.657. The van der Waals surface area contributed by atoms with Gasteiger partial charge in [0.15, 0.2) is 0 Å². The minimum atomic E-state index is -0.412. The summed E-state index contributed by atoms with van der Waals surface area (Å²) in [5.41, 5.74) is 2.91. The molecule has 15 heteroatoms. The third-order valence-corrected chi connectivity index (χ3v) is 9.06. The summed E-state index contributed by atoms with van der Waals surface area (Å²) in [6.07, 6.45) is 1.47. The summed E-state index contributed by atoms with van der Waals surface area (Å²) < 4.78 is 34.2. The Kier molecular flexibility index (Phi) is 15.3. The summed E-state index contributed by atoms with van der Waals surface area (Å²) in [5, 5.41) is 21.7. The molecule has 2 fully saturated rings. The Hall–Kier alpha value is -3.62. The van der Waals surface area contributed by atoms with Crippen molar-refractivity contribution in [1.82, 2.24) is 25.1 Å². The quantitative estimate of drug-likeness (QED) is 0.202. The molecule has 1 aromatic carbocycles. The number of carbonyl (C=O) groups is 1. The molecule has 50 heavy (non-hydrogen) atoms. The molecule has 274 valence electrons. The standard InChI is InChI=1S/C35H51N7O8/c1-40-24-30(48-20-19-47-18-17-46-16-15-45-14-13-43)21-29(40)26-49-34-38-32-22-37-10-8-31(32)33(39-34)41-11-12-42(28(23-41)7-9-36)35(44)50-25-27-5-3-2-4-6-27/h2-6,28-30,37,43H,7-8,10-26H2,1H3. The highest BCUT2D eigenvalue weighted by molar-refractivity contribution is 5.69. The van der Waals surface area contributed by atoms with Crippen molar-refractivity contribution in [2.75, 3.05) is 104 Å². The van der Waals surface area contributed by atoms with Crippen molar-refractivity contribution in [3.63, 3.8) is 0 Å². The smallest absolute Gasteiger partial charge is 0.410 e. The van der Waals surface area contributed by atoms with Crippen LogP contribution in [0.15, 0.2) is 30.3 Å². The number of benzene rings is 1. The molecule has 4 heterocycles. The molecule has 0 bridgehead atoms. The van der Waals surface area contributed by atoms with Gasteiger partial charge >= 0.3 is 12.1 Å². The Morgan fingerprint density at radius 1 is 1.00 bits per heavy atom. The number of nitrogens with zero attached hydrogens (tertiary/aromatic N) is 6. The minimum Gasteiger partial charge on any atom is -0.462 e. The van der Waals surface area contributed by atoms with Crippen molar-refractivity contribution in [3.05, 3.63) is 47.2 Å². The van der Waals surface area contributed by atoms with Gasteiger partial charge in [-0.3, -0.25) is 4.90 Å². The van der Waals surface area contributed by atoms with Crippen LogP contribution in [0.2, 0.25) is 0 Å². The van der Waals surface area contributed by atoms with Gasteiger partial charge in [-0.25, -0.2) is 4.79 Å². The highest BCUT2D eigenvalue weighted by atomic mass is 16.6. The van der Waals surface area contributed by atoms with Crippen molar-refractivity contribution in [3.8, 4) is 12.1 Å². The number of rotatable bonds is 19. The molecule has 2 N–H and O–H groups in total. The maximum Gasteiger partial charge on any atom is 0.410 e. The van der Waals surface area contributed by atoms with Gasteiger partial charge in [0.1, 0.15) is 19.0 Å². The third-order valence-electron chi connectivity index (χ3n) is 9.06. The number of aliphatic hydroxyl groups is 1. The average molecular weight is 698 g/mol. The molecule has 0 radical (unpaired) electrons. The molecule has 1 aromatic heterocycles. The number of nitriles is 1. The first-order valence-corrected chi connectivity index (χ1v) is 17.5. The van der Waals surface area contributed by atoms with Crippen LogP contribution in [0.25, 0.3) is 0 Å². The van der Waals surface area contributed by atoms with Crippen LogP contribution in [0.3, 0.4) is 0 Å². The normalized spacial score (nSPS) is 20.8. The van der Waals surface area contributed by atoms with Crippen molar-refractivity contribution in [1.29, 1.82) is 5.26 Å². The van der Waals surface area contributed by atoms with Crippen molar-refractivity contribution in [2.24, 2.45) is 0 Å². The van der Waals surface area contributed by atoms with Crippen LogP contribution < -0.4 is 15.0 Å². The molecule has 5 rings (SSSR count). The number of nitrogens with one attached hydrogen (secondary N) is 1. The fourth-order valence-electron chi connectivity index (χ4n) is 6.41. The molecule has 3 atom stereocenters. The Morgan fingerprint density at radius 3 is 2.52 bits per heavy atom. The first-order chi connectivity index (χ1) is 24.6. The summed E-state index contributed by atoms with van der Waals surface area (Å²) >= 11 is 0. The Bertz CT molecular complexity index is 1370.